The van der Waals surface area contributed by atoms with Gasteiger partial charge >= 0.3 is 6.61 Å². The minimum Gasteiger partial charge on any atom is -0.435 e. The van der Waals surface area contributed by atoms with E-state index in [0.717, 1.165) is 11.4 Å². The Morgan fingerprint density at radius 2 is 2.08 bits per heavy atom. The summed E-state index contributed by atoms with van der Waals surface area (Å²) in [5, 5.41) is 8.12. The molecule has 0 saturated carbocycles. The first-order valence-electron chi connectivity index (χ1n) is 7.22. The Labute approximate surface area is 139 Å². The summed E-state index contributed by atoms with van der Waals surface area (Å²) in [5.74, 6) is 0.0880. The number of alkyl halides is 2. The van der Waals surface area contributed by atoms with E-state index < -0.39 is 6.61 Å². The van der Waals surface area contributed by atoms with E-state index in [1.807, 2.05) is 6.92 Å². The number of fused-ring (bicyclic) bond motifs is 1. The van der Waals surface area contributed by atoms with Gasteiger partial charge in [-0.25, -0.2) is 4.98 Å². The highest BCUT2D eigenvalue weighted by Crippen LogP contribution is 2.18. The van der Waals surface area contributed by atoms with E-state index in [1.54, 1.807) is 12.1 Å². The van der Waals surface area contributed by atoms with Crippen molar-refractivity contribution in [3.05, 3.63) is 51.4 Å². The van der Waals surface area contributed by atoms with Crippen LogP contribution in [-0.4, -0.2) is 21.2 Å². The van der Waals surface area contributed by atoms with Crippen LogP contribution in [0, 0.1) is 0 Å². The van der Waals surface area contributed by atoms with Crippen LogP contribution in [0.1, 0.15) is 17.6 Å². The Hall–Kier alpha value is -2.55. The maximum Gasteiger partial charge on any atom is 0.387 e. The maximum atomic E-state index is 12.1. The fraction of sp³-hybridized carbons (Fsp3) is 0.267. The zero-order chi connectivity index (χ0) is 17.1. The third-order valence-corrected chi connectivity index (χ3v) is 4.25. The molecule has 2 aromatic heterocycles. The number of aromatic nitrogens is 3. The van der Waals surface area contributed by atoms with Crippen LogP contribution in [0.25, 0.3) is 4.96 Å². The van der Waals surface area contributed by atoms with E-state index in [1.165, 1.54) is 34.1 Å². The molecule has 0 aliphatic heterocycles. The summed E-state index contributed by atoms with van der Waals surface area (Å²) in [7, 11) is 0. The van der Waals surface area contributed by atoms with Crippen molar-refractivity contribution in [2.75, 3.05) is 5.32 Å². The molecule has 0 fully saturated rings. The van der Waals surface area contributed by atoms with Gasteiger partial charge in [-0.3, -0.25) is 4.79 Å². The lowest BCUT2D eigenvalue weighted by molar-refractivity contribution is -0.0498. The standard InChI is InChI=1S/C15H14F2N4O2S/c1-2-12-20-21-13(22)7-10(19-15(21)24-12)8-18-9-3-5-11(6-4-9)23-14(16)17/h3-7,14,18H,2,8H2,1H3. The maximum absolute atomic E-state index is 12.1. The number of rotatable bonds is 6. The van der Waals surface area contributed by atoms with Crippen molar-refractivity contribution in [1.82, 2.24) is 14.6 Å². The van der Waals surface area contributed by atoms with Crippen LogP contribution in [0.4, 0.5) is 14.5 Å². The Morgan fingerprint density at radius 3 is 2.75 bits per heavy atom. The quantitative estimate of drug-likeness (QED) is 0.739. The first-order valence-corrected chi connectivity index (χ1v) is 8.04. The molecule has 6 nitrogen and oxygen atoms in total. The topological polar surface area (TPSA) is 68.5 Å². The summed E-state index contributed by atoms with van der Waals surface area (Å²) in [5.41, 5.74) is 1.06. The van der Waals surface area contributed by atoms with Gasteiger partial charge in [0.15, 0.2) is 0 Å². The summed E-state index contributed by atoms with van der Waals surface area (Å²) < 4.78 is 29.8. The lowest BCUT2D eigenvalue weighted by Crippen LogP contribution is -2.16. The van der Waals surface area contributed by atoms with Crippen LogP contribution in [-0.2, 0) is 13.0 Å². The third-order valence-electron chi connectivity index (χ3n) is 3.20. The van der Waals surface area contributed by atoms with Gasteiger partial charge in [-0.1, -0.05) is 18.3 Å². The Bertz CT molecular complexity index is 893. The highest BCUT2D eigenvalue weighted by molar-refractivity contribution is 7.16. The van der Waals surface area contributed by atoms with Crippen LogP contribution in [0.2, 0.25) is 0 Å². The molecule has 3 rings (SSSR count). The van der Waals surface area contributed by atoms with Crippen molar-refractivity contribution >= 4 is 22.0 Å². The summed E-state index contributed by atoms with van der Waals surface area (Å²) in [4.78, 5) is 17.0. The van der Waals surface area contributed by atoms with Gasteiger partial charge in [0, 0.05) is 11.8 Å². The lowest BCUT2D eigenvalue weighted by atomic mass is 10.3. The molecule has 2 heterocycles. The van der Waals surface area contributed by atoms with Gasteiger partial charge in [0.2, 0.25) is 4.96 Å². The lowest BCUT2D eigenvalue weighted by Gasteiger charge is -2.08. The molecule has 0 spiro atoms. The van der Waals surface area contributed by atoms with Gasteiger partial charge < -0.3 is 10.1 Å². The van der Waals surface area contributed by atoms with Gasteiger partial charge in [-0.2, -0.15) is 18.4 Å². The van der Waals surface area contributed by atoms with Crippen LogP contribution < -0.4 is 15.6 Å². The molecule has 0 saturated heterocycles. The second-order valence-electron chi connectivity index (χ2n) is 4.89. The minimum atomic E-state index is -2.85. The summed E-state index contributed by atoms with van der Waals surface area (Å²) in [6, 6.07) is 7.54. The molecule has 0 aliphatic carbocycles. The van der Waals surface area contributed by atoms with E-state index >= 15 is 0 Å². The Morgan fingerprint density at radius 1 is 1.33 bits per heavy atom. The molecule has 1 N–H and O–H groups in total. The monoisotopic (exact) mass is 352 g/mol. The Kier molecular flexibility index (Phi) is 4.70. The van der Waals surface area contributed by atoms with Crippen molar-refractivity contribution in [1.29, 1.82) is 0 Å². The molecular weight excluding hydrogens is 338 g/mol. The molecule has 3 aromatic rings. The fourth-order valence-electron chi connectivity index (χ4n) is 2.08. The smallest absolute Gasteiger partial charge is 0.387 e. The summed E-state index contributed by atoms with van der Waals surface area (Å²) in [6.45, 7) is -0.549. The van der Waals surface area contributed by atoms with Crippen molar-refractivity contribution in [3.8, 4) is 5.75 Å². The van der Waals surface area contributed by atoms with Gasteiger partial charge in [-0.15, -0.1) is 0 Å². The van der Waals surface area contributed by atoms with Gasteiger partial charge in [0.25, 0.3) is 5.56 Å². The molecule has 0 unspecified atom stereocenters. The molecule has 1 aromatic carbocycles. The predicted octanol–water partition coefficient (Wildman–Crippen LogP) is 2.93. The number of anilines is 1. The molecular formula is C15H14F2N4O2S. The van der Waals surface area contributed by atoms with Crippen LogP contribution in [0.3, 0.4) is 0 Å². The number of benzene rings is 1. The molecule has 24 heavy (non-hydrogen) atoms. The zero-order valence-corrected chi connectivity index (χ0v) is 13.5. The summed E-state index contributed by atoms with van der Waals surface area (Å²) in [6.07, 6.45) is 0.744. The highest BCUT2D eigenvalue weighted by Gasteiger charge is 2.08. The number of aryl methyl sites for hydroxylation is 1. The van der Waals surface area contributed by atoms with Gasteiger partial charge in [-0.05, 0) is 30.7 Å². The molecule has 126 valence electrons. The molecule has 0 aliphatic rings. The average Bonchev–Trinajstić information content (AvgIpc) is 2.97. The highest BCUT2D eigenvalue weighted by atomic mass is 32.1. The first-order chi connectivity index (χ1) is 11.5. The van der Waals surface area contributed by atoms with Crippen LogP contribution >= 0.6 is 11.3 Å². The SMILES string of the molecule is CCc1nn2c(=O)cc(CNc3ccc(OC(F)F)cc3)nc2s1. The normalized spacial score (nSPS) is 11.2. The van der Waals surface area contributed by atoms with Crippen molar-refractivity contribution in [3.63, 3.8) is 0 Å². The minimum absolute atomic E-state index is 0.0880. The van der Waals surface area contributed by atoms with Crippen molar-refractivity contribution < 1.29 is 13.5 Å². The predicted molar refractivity (Wildman–Crippen MR) is 86.9 cm³/mol. The molecule has 0 atom stereocenters. The number of hydrogen-bond acceptors (Lipinski definition) is 6. The average molecular weight is 352 g/mol. The van der Waals surface area contributed by atoms with E-state index in [0.29, 0.717) is 22.9 Å². The van der Waals surface area contributed by atoms with Gasteiger partial charge in [0.1, 0.15) is 10.8 Å². The first kappa shape index (κ1) is 16.3. The molecule has 0 radical (unpaired) electrons. The van der Waals surface area contributed by atoms with Crippen LogP contribution in [0.5, 0.6) is 5.75 Å². The van der Waals surface area contributed by atoms with Crippen molar-refractivity contribution in [2.24, 2.45) is 0 Å². The largest absolute Gasteiger partial charge is 0.435 e. The second-order valence-corrected chi connectivity index (χ2v) is 5.93. The number of nitrogens with one attached hydrogen (secondary N) is 1. The molecule has 0 bridgehead atoms. The zero-order valence-electron chi connectivity index (χ0n) is 12.7. The van der Waals surface area contributed by atoms with Crippen molar-refractivity contribution in [2.45, 2.75) is 26.5 Å². The van der Waals surface area contributed by atoms with E-state index in [-0.39, 0.29) is 11.3 Å². The number of halogens is 2. The van der Waals surface area contributed by atoms with Gasteiger partial charge in [0.05, 0.1) is 12.2 Å². The Balaban J connectivity index is 1.72. The van der Waals surface area contributed by atoms with Crippen LogP contribution in [0.15, 0.2) is 35.1 Å². The van der Waals surface area contributed by atoms with E-state index in [4.69, 9.17) is 0 Å². The number of hydrogen-bond donors (Lipinski definition) is 1. The summed E-state index contributed by atoms with van der Waals surface area (Å²) >= 11 is 1.38. The number of nitrogens with zero attached hydrogens (tertiary/aromatic N) is 3. The molecule has 0 amide bonds. The second kappa shape index (κ2) is 6.91. The fourth-order valence-corrected chi connectivity index (χ4v) is 2.93. The number of ether oxygens (including phenoxy) is 1. The molecule has 9 heteroatoms. The van der Waals surface area contributed by atoms with E-state index in [2.05, 4.69) is 20.1 Å². The third kappa shape index (κ3) is 3.67. The van der Waals surface area contributed by atoms with E-state index in [9.17, 15) is 13.6 Å².